The summed E-state index contributed by atoms with van der Waals surface area (Å²) in [6, 6.07) is 14.1. The molecule has 0 fully saturated rings. The van der Waals surface area contributed by atoms with Gasteiger partial charge in [-0.3, -0.25) is 10.1 Å². The Morgan fingerprint density at radius 2 is 1.87 bits per heavy atom. The molecule has 6 heteroatoms. The van der Waals surface area contributed by atoms with Crippen molar-refractivity contribution >= 4 is 17.3 Å². The van der Waals surface area contributed by atoms with E-state index < -0.39 is 5.60 Å². The van der Waals surface area contributed by atoms with E-state index in [-0.39, 0.29) is 18.6 Å². The number of nitrogens with zero attached hydrogens (tertiary/aromatic N) is 2. The van der Waals surface area contributed by atoms with Crippen molar-refractivity contribution < 1.29 is 9.53 Å². The number of thiophene rings is 1. The first-order chi connectivity index (χ1) is 14.2. The van der Waals surface area contributed by atoms with Crippen molar-refractivity contribution in [3.63, 3.8) is 0 Å². The predicted molar refractivity (Wildman–Crippen MR) is 122 cm³/mol. The molecule has 0 saturated carbocycles. The minimum absolute atomic E-state index is 0.0995. The number of rotatable bonds is 7. The van der Waals surface area contributed by atoms with Crippen LogP contribution in [-0.4, -0.2) is 28.1 Å². The standard InChI is InChI=1S/C24H29N3O2S/c1-16(2)17-8-10-18(11-9-17)23-25-13-12-19(27-23)22(20-7-6-14-30-20)26-15-21(28)29-24(3,4)5/h6-14,16,22,26H,15H2,1-5H3. The molecule has 2 aromatic heterocycles. The molecule has 1 N–H and O–H groups in total. The number of carbonyl (C=O) groups is 1. The van der Waals surface area contributed by atoms with Crippen LogP contribution in [0.1, 0.15) is 62.7 Å². The molecule has 1 aromatic carbocycles. The normalized spacial score (nSPS) is 12.7. The van der Waals surface area contributed by atoms with Gasteiger partial charge >= 0.3 is 5.97 Å². The fourth-order valence-corrected chi connectivity index (χ4v) is 3.87. The molecular weight excluding hydrogens is 394 g/mol. The van der Waals surface area contributed by atoms with Crippen molar-refractivity contribution in [2.24, 2.45) is 0 Å². The van der Waals surface area contributed by atoms with E-state index in [2.05, 4.69) is 48.4 Å². The van der Waals surface area contributed by atoms with E-state index in [1.807, 2.05) is 44.4 Å². The van der Waals surface area contributed by atoms with Gasteiger partial charge in [0.1, 0.15) is 5.60 Å². The third-order valence-corrected chi connectivity index (χ3v) is 5.44. The lowest BCUT2D eigenvalue weighted by Gasteiger charge is -2.21. The molecule has 1 atom stereocenters. The molecule has 0 amide bonds. The van der Waals surface area contributed by atoms with Gasteiger partial charge in [-0.05, 0) is 49.8 Å². The molecule has 3 aromatic rings. The van der Waals surface area contributed by atoms with Crippen LogP contribution in [0.15, 0.2) is 54.0 Å². The maximum absolute atomic E-state index is 12.2. The van der Waals surface area contributed by atoms with Gasteiger partial charge in [0, 0.05) is 16.6 Å². The Balaban J connectivity index is 1.84. The van der Waals surface area contributed by atoms with Crippen molar-refractivity contribution in [2.45, 2.75) is 52.2 Å². The summed E-state index contributed by atoms with van der Waals surface area (Å²) in [7, 11) is 0. The van der Waals surface area contributed by atoms with Crippen LogP contribution in [0.2, 0.25) is 0 Å². The van der Waals surface area contributed by atoms with E-state index in [9.17, 15) is 4.79 Å². The van der Waals surface area contributed by atoms with E-state index >= 15 is 0 Å². The SMILES string of the molecule is CC(C)c1ccc(-c2nccc(C(NCC(=O)OC(C)(C)C)c3cccs3)n2)cc1. The van der Waals surface area contributed by atoms with E-state index in [1.54, 1.807) is 17.5 Å². The minimum Gasteiger partial charge on any atom is -0.459 e. The van der Waals surface area contributed by atoms with Gasteiger partial charge in [-0.1, -0.05) is 44.2 Å². The van der Waals surface area contributed by atoms with Crippen molar-refractivity contribution in [3.05, 3.63) is 70.2 Å². The number of carbonyl (C=O) groups excluding carboxylic acids is 1. The summed E-state index contributed by atoms with van der Waals surface area (Å²) in [6.45, 7) is 10.0. The maximum Gasteiger partial charge on any atom is 0.320 e. The summed E-state index contributed by atoms with van der Waals surface area (Å²) in [4.78, 5) is 22.6. The number of ether oxygens (including phenoxy) is 1. The molecule has 0 saturated heterocycles. The fourth-order valence-electron chi connectivity index (χ4n) is 3.06. The van der Waals surface area contributed by atoms with E-state index in [0.29, 0.717) is 11.7 Å². The zero-order chi connectivity index (χ0) is 21.7. The highest BCUT2D eigenvalue weighted by molar-refractivity contribution is 7.10. The second-order valence-corrected chi connectivity index (χ2v) is 9.48. The van der Waals surface area contributed by atoms with E-state index in [4.69, 9.17) is 9.72 Å². The zero-order valence-corrected chi connectivity index (χ0v) is 19.0. The molecule has 158 valence electrons. The molecule has 30 heavy (non-hydrogen) atoms. The Labute approximate surface area is 182 Å². The van der Waals surface area contributed by atoms with Crippen LogP contribution in [0.3, 0.4) is 0 Å². The van der Waals surface area contributed by atoms with Crippen molar-refractivity contribution in [2.75, 3.05) is 6.54 Å². The molecule has 0 aliphatic rings. The summed E-state index contributed by atoms with van der Waals surface area (Å²) in [5.41, 5.74) is 2.56. The highest BCUT2D eigenvalue weighted by atomic mass is 32.1. The smallest absolute Gasteiger partial charge is 0.320 e. The van der Waals surface area contributed by atoms with Crippen LogP contribution in [0.25, 0.3) is 11.4 Å². The van der Waals surface area contributed by atoms with Gasteiger partial charge in [-0.25, -0.2) is 9.97 Å². The van der Waals surface area contributed by atoms with E-state index in [0.717, 1.165) is 16.1 Å². The molecule has 0 bridgehead atoms. The van der Waals surface area contributed by atoms with Crippen molar-refractivity contribution in [1.29, 1.82) is 0 Å². The lowest BCUT2D eigenvalue weighted by Crippen LogP contribution is -2.34. The summed E-state index contributed by atoms with van der Waals surface area (Å²) in [5.74, 6) is 0.859. The van der Waals surface area contributed by atoms with Gasteiger partial charge < -0.3 is 4.74 Å². The Kier molecular flexibility index (Phi) is 7.00. The minimum atomic E-state index is -0.512. The van der Waals surface area contributed by atoms with Gasteiger partial charge in [-0.15, -0.1) is 11.3 Å². The Bertz CT molecular complexity index is 961. The van der Waals surface area contributed by atoms with Gasteiger partial charge in [-0.2, -0.15) is 0 Å². The number of hydrogen-bond acceptors (Lipinski definition) is 6. The quantitative estimate of drug-likeness (QED) is 0.519. The van der Waals surface area contributed by atoms with Crippen LogP contribution in [0.4, 0.5) is 0 Å². The van der Waals surface area contributed by atoms with Crippen LogP contribution >= 0.6 is 11.3 Å². The summed E-state index contributed by atoms with van der Waals surface area (Å²) in [5, 5.41) is 5.33. The molecule has 0 radical (unpaired) electrons. The largest absolute Gasteiger partial charge is 0.459 e. The number of nitrogens with one attached hydrogen (secondary N) is 1. The average Bonchev–Trinajstić information content (AvgIpc) is 3.21. The predicted octanol–water partition coefficient (Wildman–Crippen LogP) is 5.35. The molecule has 2 heterocycles. The molecular formula is C24H29N3O2S. The van der Waals surface area contributed by atoms with Gasteiger partial charge in [0.25, 0.3) is 0 Å². The fraction of sp³-hybridized carbons (Fsp3) is 0.375. The first-order valence-electron chi connectivity index (χ1n) is 10.1. The third-order valence-electron chi connectivity index (χ3n) is 4.51. The second-order valence-electron chi connectivity index (χ2n) is 8.50. The Hall–Kier alpha value is -2.57. The first kappa shape index (κ1) is 22.1. The number of esters is 1. The monoisotopic (exact) mass is 423 g/mol. The summed E-state index contributed by atoms with van der Waals surface area (Å²) < 4.78 is 5.43. The van der Waals surface area contributed by atoms with Crippen LogP contribution in [-0.2, 0) is 9.53 Å². The zero-order valence-electron chi connectivity index (χ0n) is 18.2. The van der Waals surface area contributed by atoms with Gasteiger partial charge in [0.2, 0.25) is 0 Å². The second kappa shape index (κ2) is 9.49. The van der Waals surface area contributed by atoms with Crippen LogP contribution in [0, 0.1) is 0 Å². The van der Waals surface area contributed by atoms with Gasteiger partial charge in [0.15, 0.2) is 5.82 Å². The lowest BCUT2D eigenvalue weighted by atomic mass is 10.0. The lowest BCUT2D eigenvalue weighted by molar-refractivity contribution is -0.153. The molecule has 1 unspecified atom stereocenters. The molecule has 0 spiro atoms. The molecule has 0 aliphatic heterocycles. The topological polar surface area (TPSA) is 64.1 Å². The Morgan fingerprint density at radius 1 is 1.13 bits per heavy atom. The molecule has 0 aliphatic carbocycles. The first-order valence-corrected chi connectivity index (χ1v) is 11.0. The number of benzene rings is 1. The third kappa shape index (κ3) is 5.97. The summed E-state index contributed by atoms with van der Waals surface area (Å²) >= 11 is 1.62. The van der Waals surface area contributed by atoms with Crippen LogP contribution < -0.4 is 5.32 Å². The Morgan fingerprint density at radius 3 is 2.47 bits per heavy atom. The average molecular weight is 424 g/mol. The number of hydrogen-bond donors (Lipinski definition) is 1. The highest BCUT2D eigenvalue weighted by Gasteiger charge is 2.21. The summed E-state index contributed by atoms with van der Waals surface area (Å²) in [6.07, 6.45) is 1.77. The van der Waals surface area contributed by atoms with E-state index in [1.165, 1.54) is 5.56 Å². The van der Waals surface area contributed by atoms with Gasteiger partial charge in [0.05, 0.1) is 18.3 Å². The highest BCUT2D eigenvalue weighted by Crippen LogP contribution is 2.27. The number of aromatic nitrogens is 2. The molecule has 5 nitrogen and oxygen atoms in total. The van der Waals surface area contributed by atoms with Crippen LogP contribution in [0.5, 0.6) is 0 Å². The maximum atomic E-state index is 12.2. The van der Waals surface area contributed by atoms with Crippen molar-refractivity contribution in [3.8, 4) is 11.4 Å². The molecule has 3 rings (SSSR count). The van der Waals surface area contributed by atoms with Crippen molar-refractivity contribution in [1.82, 2.24) is 15.3 Å².